The lowest BCUT2D eigenvalue weighted by molar-refractivity contribution is -0.148. The predicted molar refractivity (Wildman–Crippen MR) is 105 cm³/mol. The van der Waals surface area contributed by atoms with Crippen LogP contribution in [0, 0.1) is 0 Å². The number of hydrogen-bond donors (Lipinski definition) is 1. The summed E-state index contributed by atoms with van der Waals surface area (Å²) >= 11 is 0. The van der Waals surface area contributed by atoms with E-state index in [1.165, 1.54) is 11.0 Å². The summed E-state index contributed by atoms with van der Waals surface area (Å²) in [6.45, 7) is 5.01. The number of nitrogens with zero attached hydrogens (tertiary/aromatic N) is 2. The van der Waals surface area contributed by atoms with Crippen molar-refractivity contribution in [2.24, 2.45) is 0 Å². The van der Waals surface area contributed by atoms with Gasteiger partial charge in [-0.1, -0.05) is 0 Å². The Morgan fingerprint density at radius 3 is 2.25 bits per heavy atom. The summed E-state index contributed by atoms with van der Waals surface area (Å²) in [5, 5.41) is 2.59. The van der Waals surface area contributed by atoms with Crippen LogP contribution in [0.5, 0.6) is 11.5 Å². The first-order chi connectivity index (χ1) is 13.3. The second kappa shape index (κ2) is 9.77. The number of amides is 3. The quantitative estimate of drug-likeness (QED) is 0.597. The summed E-state index contributed by atoms with van der Waals surface area (Å²) in [4.78, 5) is 39.5. The fourth-order valence-corrected chi connectivity index (χ4v) is 2.82. The van der Waals surface area contributed by atoms with Crippen LogP contribution >= 0.6 is 0 Å². The van der Waals surface area contributed by atoms with Gasteiger partial charge in [0.05, 0.1) is 14.2 Å². The summed E-state index contributed by atoms with van der Waals surface area (Å²) in [7, 11) is 3.13. The molecule has 0 atom stereocenters. The van der Waals surface area contributed by atoms with Gasteiger partial charge in [-0.25, -0.2) is 0 Å². The van der Waals surface area contributed by atoms with Gasteiger partial charge in [-0.3, -0.25) is 14.4 Å². The van der Waals surface area contributed by atoms with Gasteiger partial charge in [0.15, 0.2) is 0 Å². The van der Waals surface area contributed by atoms with Gasteiger partial charge in [0.1, 0.15) is 11.5 Å². The minimum atomic E-state index is -0.610. The maximum Gasteiger partial charge on any atom is 0.312 e. The van der Waals surface area contributed by atoms with Crippen LogP contribution in [-0.4, -0.2) is 74.0 Å². The van der Waals surface area contributed by atoms with Crippen molar-refractivity contribution in [3.8, 4) is 11.5 Å². The van der Waals surface area contributed by atoms with Crippen LogP contribution in [0.1, 0.15) is 19.4 Å². The van der Waals surface area contributed by atoms with Crippen LogP contribution in [0.4, 0.5) is 0 Å². The monoisotopic (exact) mass is 389 g/mol. The van der Waals surface area contributed by atoms with Gasteiger partial charge in [-0.2, -0.15) is 0 Å². The summed E-state index contributed by atoms with van der Waals surface area (Å²) in [6.07, 6.45) is 3.17. The first-order valence-electron chi connectivity index (χ1n) is 9.14. The minimum absolute atomic E-state index is 0.0978. The third-order valence-electron chi connectivity index (χ3n) is 4.34. The van der Waals surface area contributed by atoms with Crippen LogP contribution in [0.15, 0.2) is 24.3 Å². The molecule has 0 aliphatic carbocycles. The molecule has 0 aromatic heterocycles. The molecule has 3 amide bonds. The molecule has 152 valence electrons. The van der Waals surface area contributed by atoms with E-state index in [2.05, 4.69) is 5.32 Å². The Balaban J connectivity index is 1.92. The third-order valence-corrected chi connectivity index (χ3v) is 4.34. The molecule has 1 fully saturated rings. The van der Waals surface area contributed by atoms with E-state index in [0.29, 0.717) is 37.7 Å². The molecule has 8 nitrogen and oxygen atoms in total. The second-order valence-corrected chi connectivity index (χ2v) is 6.69. The zero-order chi connectivity index (χ0) is 20.7. The zero-order valence-corrected chi connectivity index (χ0v) is 16.7. The Bertz CT molecular complexity index is 752. The molecule has 0 radical (unpaired) electrons. The van der Waals surface area contributed by atoms with E-state index in [0.717, 1.165) is 5.56 Å². The second-order valence-electron chi connectivity index (χ2n) is 6.69. The molecule has 1 aromatic carbocycles. The van der Waals surface area contributed by atoms with Gasteiger partial charge in [-0.15, -0.1) is 0 Å². The predicted octanol–water partition coefficient (Wildman–Crippen LogP) is 0.912. The highest BCUT2D eigenvalue weighted by Crippen LogP contribution is 2.25. The Morgan fingerprint density at radius 1 is 1.04 bits per heavy atom. The molecule has 8 heteroatoms. The van der Waals surface area contributed by atoms with E-state index in [-0.39, 0.29) is 11.9 Å². The van der Waals surface area contributed by atoms with E-state index >= 15 is 0 Å². The van der Waals surface area contributed by atoms with Gasteiger partial charge >= 0.3 is 11.8 Å². The van der Waals surface area contributed by atoms with E-state index in [1.54, 1.807) is 51.2 Å². The number of carbonyl (C=O) groups is 3. The summed E-state index contributed by atoms with van der Waals surface area (Å²) in [5.41, 5.74) is 0.760. The standard InChI is InChI=1S/C20H27N3O5/c1-14(2)21-19(25)20(26)23-11-9-22(10-12-23)18(24)8-6-15-5-7-16(27-3)13-17(15)28-4/h5-8,13-14H,9-12H2,1-4H3,(H,21,25). The van der Waals surface area contributed by atoms with Crippen molar-refractivity contribution in [1.82, 2.24) is 15.1 Å². The molecule has 1 saturated heterocycles. The van der Waals surface area contributed by atoms with Crippen LogP contribution in [0.2, 0.25) is 0 Å². The Labute approximate surface area is 165 Å². The zero-order valence-electron chi connectivity index (χ0n) is 16.7. The lowest BCUT2D eigenvalue weighted by Gasteiger charge is -2.34. The summed E-state index contributed by atoms with van der Waals surface area (Å²) in [6, 6.07) is 5.25. The number of hydrogen-bond acceptors (Lipinski definition) is 5. The first kappa shape index (κ1) is 21.3. The van der Waals surface area contributed by atoms with Gasteiger partial charge in [0.2, 0.25) is 5.91 Å². The molecular formula is C20H27N3O5. The normalized spacial score (nSPS) is 14.3. The average molecular weight is 389 g/mol. The van der Waals surface area contributed by atoms with Crippen LogP contribution in [0.25, 0.3) is 6.08 Å². The van der Waals surface area contributed by atoms with E-state index in [4.69, 9.17) is 9.47 Å². The van der Waals surface area contributed by atoms with Gasteiger partial charge in [0.25, 0.3) is 0 Å². The first-order valence-corrected chi connectivity index (χ1v) is 9.14. The molecule has 0 unspecified atom stereocenters. The fourth-order valence-electron chi connectivity index (χ4n) is 2.82. The molecule has 0 saturated carbocycles. The Morgan fingerprint density at radius 2 is 1.68 bits per heavy atom. The highest BCUT2D eigenvalue weighted by atomic mass is 16.5. The number of carbonyl (C=O) groups excluding carboxylic acids is 3. The van der Waals surface area contributed by atoms with Crippen molar-refractivity contribution < 1.29 is 23.9 Å². The number of ether oxygens (including phenoxy) is 2. The molecule has 28 heavy (non-hydrogen) atoms. The fraction of sp³-hybridized carbons (Fsp3) is 0.450. The summed E-state index contributed by atoms with van der Waals surface area (Å²) < 4.78 is 10.5. The third kappa shape index (κ3) is 5.48. The lowest BCUT2D eigenvalue weighted by Crippen LogP contribution is -2.54. The Hall–Kier alpha value is -3.03. The number of nitrogens with one attached hydrogen (secondary N) is 1. The maximum absolute atomic E-state index is 12.4. The van der Waals surface area contributed by atoms with Crippen molar-refractivity contribution in [1.29, 1.82) is 0 Å². The molecule has 1 aromatic rings. The van der Waals surface area contributed by atoms with E-state index in [1.807, 2.05) is 6.07 Å². The molecule has 1 N–H and O–H groups in total. The van der Waals surface area contributed by atoms with Crippen LogP contribution in [-0.2, 0) is 14.4 Å². The number of benzene rings is 1. The smallest absolute Gasteiger partial charge is 0.312 e. The minimum Gasteiger partial charge on any atom is -0.497 e. The van der Waals surface area contributed by atoms with E-state index in [9.17, 15) is 14.4 Å². The number of rotatable bonds is 5. The number of methoxy groups -OCH3 is 2. The average Bonchev–Trinajstić information content (AvgIpc) is 2.70. The molecule has 1 heterocycles. The van der Waals surface area contributed by atoms with Crippen molar-refractivity contribution in [3.05, 3.63) is 29.8 Å². The molecule has 1 aliphatic heterocycles. The molecule has 0 bridgehead atoms. The topological polar surface area (TPSA) is 88.2 Å². The molecular weight excluding hydrogens is 362 g/mol. The van der Waals surface area contributed by atoms with Gasteiger partial charge < -0.3 is 24.6 Å². The summed E-state index contributed by atoms with van der Waals surface area (Å²) in [5.74, 6) is -0.0465. The van der Waals surface area contributed by atoms with Gasteiger partial charge in [-0.05, 0) is 32.1 Å². The Kier molecular flexibility index (Phi) is 7.43. The van der Waals surface area contributed by atoms with Crippen molar-refractivity contribution in [2.45, 2.75) is 19.9 Å². The molecule has 2 rings (SSSR count). The molecule has 1 aliphatic rings. The SMILES string of the molecule is COc1ccc(C=CC(=O)N2CCN(C(=O)C(=O)NC(C)C)CC2)c(OC)c1. The maximum atomic E-state index is 12.4. The highest BCUT2D eigenvalue weighted by Gasteiger charge is 2.27. The van der Waals surface area contributed by atoms with Crippen molar-refractivity contribution in [2.75, 3.05) is 40.4 Å². The van der Waals surface area contributed by atoms with Crippen LogP contribution in [0.3, 0.4) is 0 Å². The highest BCUT2D eigenvalue weighted by molar-refractivity contribution is 6.35. The molecule has 0 spiro atoms. The van der Waals surface area contributed by atoms with Crippen molar-refractivity contribution >= 4 is 23.8 Å². The lowest BCUT2D eigenvalue weighted by atomic mass is 10.1. The largest absolute Gasteiger partial charge is 0.497 e. The number of piperazine rings is 1. The van der Waals surface area contributed by atoms with Gasteiger partial charge in [0, 0.05) is 49.9 Å². The van der Waals surface area contributed by atoms with Crippen molar-refractivity contribution in [3.63, 3.8) is 0 Å². The van der Waals surface area contributed by atoms with E-state index < -0.39 is 11.8 Å². The van der Waals surface area contributed by atoms with Crippen LogP contribution < -0.4 is 14.8 Å².